The van der Waals surface area contributed by atoms with E-state index < -0.39 is 0 Å². The van der Waals surface area contributed by atoms with Gasteiger partial charge in [0, 0.05) is 24.3 Å². The maximum Gasteiger partial charge on any atom is 0.126 e. The highest BCUT2D eigenvalue weighted by molar-refractivity contribution is 5.40. The van der Waals surface area contributed by atoms with Crippen molar-refractivity contribution in [1.82, 2.24) is 10.3 Å². The molecule has 0 fully saturated rings. The molecular weight excluding hydrogens is 222 g/mol. The van der Waals surface area contributed by atoms with Crippen LogP contribution in [0.5, 0.6) is 0 Å². The number of nitrogens with one attached hydrogen (secondary N) is 2. The second-order valence-corrected chi connectivity index (χ2v) is 6.07. The monoisotopic (exact) mass is 249 g/mol. The van der Waals surface area contributed by atoms with Crippen LogP contribution in [0.4, 0.5) is 5.82 Å². The van der Waals surface area contributed by atoms with Gasteiger partial charge in [-0.25, -0.2) is 4.98 Å². The highest BCUT2D eigenvalue weighted by Crippen LogP contribution is 2.18. The molecule has 1 heterocycles. The minimum absolute atomic E-state index is 0.139. The van der Waals surface area contributed by atoms with Gasteiger partial charge >= 0.3 is 0 Å². The molecule has 0 aliphatic rings. The van der Waals surface area contributed by atoms with Crippen LogP contribution in [0.1, 0.15) is 58.7 Å². The summed E-state index contributed by atoms with van der Waals surface area (Å²) in [6, 6.07) is 4.33. The zero-order valence-corrected chi connectivity index (χ0v) is 12.6. The molecule has 0 amide bonds. The first-order valence-electron chi connectivity index (χ1n) is 6.81. The van der Waals surface area contributed by atoms with Crippen LogP contribution in [0.15, 0.2) is 12.1 Å². The Morgan fingerprint density at radius 1 is 1.22 bits per heavy atom. The summed E-state index contributed by atoms with van der Waals surface area (Å²) in [6.07, 6.45) is 0. The van der Waals surface area contributed by atoms with E-state index in [1.165, 1.54) is 5.56 Å². The van der Waals surface area contributed by atoms with Crippen molar-refractivity contribution in [3.8, 4) is 0 Å². The second kappa shape index (κ2) is 6.19. The minimum Gasteiger partial charge on any atom is -0.370 e. The van der Waals surface area contributed by atoms with E-state index in [4.69, 9.17) is 0 Å². The Balaban J connectivity index is 2.89. The number of pyridine rings is 1. The van der Waals surface area contributed by atoms with Gasteiger partial charge < -0.3 is 10.6 Å². The van der Waals surface area contributed by atoms with Gasteiger partial charge in [-0.1, -0.05) is 13.8 Å². The Kier molecular flexibility index (Phi) is 5.15. The maximum absolute atomic E-state index is 4.63. The number of hydrogen-bond donors (Lipinski definition) is 2. The van der Waals surface area contributed by atoms with Crippen molar-refractivity contribution >= 4 is 5.82 Å². The van der Waals surface area contributed by atoms with Crippen LogP contribution < -0.4 is 10.6 Å². The molecule has 1 aromatic heterocycles. The summed E-state index contributed by atoms with van der Waals surface area (Å²) >= 11 is 0. The summed E-state index contributed by atoms with van der Waals surface area (Å²) in [6.45, 7) is 14.8. The van der Waals surface area contributed by atoms with Gasteiger partial charge in [-0.15, -0.1) is 0 Å². The number of anilines is 1. The van der Waals surface area contributed by atoms with E-state index in [2.05, 4.69) is 69.3 Å². The molecule has 2 N–H and O–H groups in total. The SMILES string of the molecule is CCNc1cc(CNC(C)(C)C)cc(C(C)C)n1. The molecule has 3 nitrogen and oxygen atoms in total. The van der Waals surface area contributed by atoms with Gasteiger partial charge in [0.15, 0.2) is 0 Å². The molecule has 1 aromatic rings. The first kappa shape index (κ1) is 15.0. The number of nitrogens with zero attached hydrogens (tertiary/aromatic N) is 1. The summed E-state index contributed by atoms with van der Waals surface area (Å²) in [5, 5.41) is 6.82. The van der Waals surface area contributed by atoms with Crippen LogP contribution in [0.3, 0.4) is 0 Å². The highest BCUT2D eigenvalue weighted by Gasteiger charge is 2.10. The standard InChI is InChI=1S/C15H27N3/c1-7-16-14-9-12(10-17-15(4,5)6)8-13(18-14)11(2)3/h8-9,11,17H,7,10H2,1-6H3,(H,16,18). The predicted octanol–water partition coefficient (Wildman–Crippen LogP) is 3.52. The van der Waals surface area contributed by atoms with Crippen LogP contribution in [-0.4, -0.2) is 17.1 Å². The van der Waals surface area contributed by atoms with Crippen molar-refractivity contribution < 1.29 is 0 Å². The summed E-state index contributed by atoms with van der Waals surface area (Å²) in [5.41, 5.74) is 2.58. The van der Waals surface area contributed by atoms with Gasteiger partial charge in [-0.3, -0.25) is 0 Å². The van der Waals surface area contributed by atoms with Gasteiger partial charge in [0.2, 0.25) is 0 Å². The fourth-order valence-electron chi connectivity index (χ4n) is 1.65. The largest absolute Gasteiger partial charge is 0.370 e. The van der Waals surface area contributed by atoms with Crippen molar-refractivity contribution in [2.75, 3.05) is 11.9 Å². The van der Waals surface area contributed by atoms with Crippen LogP contribution >= 0.6 is 0 Å². The molecule has 0 bridgehead atoms. The Hall–Kier alpha value is -1.09. The third-order valence-corrected chi connectivity index (χ3v) is 2.68. The molecule has 3 heteroatoms. The molecular formula is C15H27N3. The third-order valence-electron chi connectivity index (χ3n) is 2.68. The molecule has 1 rings (SSSR count). The smallest absolute Gasteiger partial charge is 0.126 e. The van der Waals surface area contributed by atoms with E-state index in [-0.39, 0.29) is 5.54 Å². The Morgan fingerprint density at radius 2 is 1.89 bits per heavy atom. The van der Waals surface area contributed by atoms with Crippen LogP contribution in [-0.2, 0) is 6.54 Å². The minimum atomic E-state index is 0.139. The fraction of sp³-hybridized carbons (Fsp3) is 0.667. The average molecular weight is 249 g/mol. The normalized spacial score (nSPS) is 11.9. The first-order chi connectivity index (χ1) is 8.31. The van der Waals surface area contributed by atoms with E-state index in [9.17, 15) is 0 Å². The van der Waals surface area contributed by atoms with E-state index in [1.54, 1.807) is 0 Å². The summed E-state index contributed by atoms with van der Waals surface area (Å²) in [7, 11) is 0. The van der Waals surface area contributed by atoms with Crippen molar-refractivity contribution in [2.45, 2.75) is 59.5 Å². The van der Waals surface area contributed by atoms with Gasteiger partial charge in [0.05, 0.1) is 0 Å². The topological polar surface area (TPSA) is 37.0 Å². The molecule has 102 valence electrons. The van der Waals surface area contributed by atoms with E-state index in [0.717, 1.165) is 24.6 Å². The van der Waals surface area contributed by atoms with Crippen molar-refractivity contribution in [2.24, 2.45) is 0 Å². The van der Waals surface area contributed by atoms with Crippen LogP contribution in [0.25, 0.3) is 0 Å². The number of aromatic nitrogens is 1. The van der Waals surface area contributed by atoms with Crippen molar-refractivity contribution in [3.63, 3.8) is 0 Å². The lowest BCUT2D eigenvalue weighted by Crippen LogP contribution is -2.35. The molecule has 0 aromatic carbocycles. The highest BCUT2D eigenvalue weighted by atomic mass is 15.0. The zero-order valence-electron chi connectivity index (χ0n) is 12.6. The van der Waals surface area contributed by atoms with Crippen molar-refractivity contribution in [3.05, 3.63) is 23.4 Å². The Bertz CT molecular complexity index is 378. The van der Waals surface area contributed by atoms with Crippen molar-refractivity contribution in [1.29, 1.82) is 0 Å². The third kappa shape index (κ3) is 5.05. The van der Waals surface area contributed by atoms with E-state index >= 15 is 0 Å². The summed E-state index contributed by atoms with van der Waals surface area (Å²) in [4.78, 5) is 4.63. The Labute approximate surface area is 111 Å². The molecule has 0 unspecified atom stereocenters. The summed E-state index contributed by atoms with van der Waals surface area (Å²) in [5.74, 6) is 1.44. The molecule has 0 radical (unpaired) electrons. The van der Waals surface area contributed by atoms with Crippen LogP contribution in [0, 0.1) is 0 Å². The van der Waals surface area contributed by atoms with E-state index in [0.29, 0.717) is 5.92 Å². The lowest BCUT2D eigenvalue weighted by atomic mass is 10.1. The molecule has 18 heavy (non-hydrogen) atoms. The molecule has 0 atom stereocenters. The molecule has 0 saturated heterocycles. The maximum atomic E-state index is 4.63. The fourth-order valence-corrected chi connectivity index (χ4v) is 1.65. The van der Waals surface area contributed by atoms with Gasteiger partial charge in [0.25, 0.3) is 0 Å². The number of hydrogen-bond acceptors (Lipinski definition) is 3. The van der Waals surface area contributed by atoms with E-state index in [1.807, 2.05) is 0 Å². The Morgan fingerprint density at radius 3 is 2.39 bits per heavy atom. The molecule has 0 spiro atoms. The van der Waals surface area contributed by atoms with Gasteiger partial charge in [-0.05, 0) is 51.3 Å². The van der Waals surface area contributed by atoms with Crippen LogP contribution in [0.2, 0.25) is 0 Å². The molecule has 0 saturated carbocycles. The number of rotatable bonds is 5. The average Bonchev–Trinajstić information content (AvgIpc) is 2.25. The molecule has 0 aliphatic carbocycles. The summed E-state index contributed by atoms with van der Waals surface area (Å²) < 4.78 is 0. The lowest BCUT2D eigenvalue weighted by Gasteiger charge is -2.21. The second-order valence-electron chi connectivity index (χ2n) is 6.07. The van der Waals surface area contributed by atoms with Gasteiger partial charge in [-0.2, -0.15) is 0 Å². The predicted molar refractivity (Wildman–Crippen MR) is 79.1 cm³/mol. The first-order valence-corrected chi connectivity index (χ1v) is 6.81. The lowest BCUT2D eigenvalue weighted by molar-refractivity contribution is 0.424. The van der Waals surface area contributed by atoms with Gasteiger partial charge in [0.1, 0.15) is 5.82 Å². The zero-order chi connectivity index (χ0) is 13.8. The molecule has 0 aliphatic heterocycles. The quantitative estimate of drug-likeness (QED) is 0.838.